The summed E-state index contributed by atoms with van der Waals surface area (Å²) in [6.07, 6.45) is 5.50. The van der Waals surface area contributed by atoms with Gasteiger partial charge in [0.05, 0.1) is 12.5 Å². The molecule has 1 unspecified atom stereocenters. The van der Waals surface area contributed by atoms with Gasteiger partial charge in [0, 0.05) is 36.5 Å². The largest absolute Gasteiger partial charge is 0.481 e. The lowest BCUT2D eigenvalue weighted by Crippen LogP contribution is -2.47. The van der Waals surface area contributed by atoms with Gasteiger partial charge in [0.15, 0.2) is 5.82 Å². The number of nitrogens with zero attached hydrogens (tertiary/aromatic N) is 3. The van der Waals surface area contributed by atoms with E-state index in [1.807, 2.05) is 4.90 Å². The van der Waals surface area contributed by atoms with E-state index >= 15 is 0 Å². The Bertz CT molecular complexity index is 570. The van der Waals surface area contributed by atoms with Crippen LogP contribution in [0.5, 0.6) is 0 Å². The van der Waals surface area contributed by atoms with Crippen LogP contribution in [-0.2, 0) is 4.79 Å². The van der Waals surface area contributed by atoms with E-state index < -0.39 is 5.97 Å². The Morgan fingerprint density at radius 2 is 2.30 bits per heavy atom. The first kappa shape index (κ1) is 13.5. The molecule has 1 saturated heterocycles. The number of anilines is 1. The topological polar surface area (TPSA) is 75.4 Å². The van der Waals surface area contributed by atoms with Crippen molar-refractivity contribution >= 4 is 23.5 Å². The Kier molecular flexibility index (Phi) is 3.69. The first-order valence-electron chi connectivity index (χ1n) is 6.80. The van der Waals surface area contributed by atoms with Gasteiger partial charge in [0.25, 0.3) is 5.56 Å². The van der Waals surface area contributed by atoms with Crippen molar-refractivity contribution < 1.29 is 9.90 Å². The van der Waals surface area contributed by atoms with E-state index in [1.165, 1.54) is 0 Å². The lowest BCUT2D eigenvalue weighted by Gasteiger charge is -2.35. The Morgan fingerprint density at radius 3 is 3.00 bits per heavy atom. The van der Waals surface area contributed by atoms with E-state index in [4.69, 9.17) is 5.11 Å². The summed E-state index contributed by atoms with van der Waals surface area (Å²) in [5, 5.41) is 9.01. The molecule has 2 fully saturated rings. The minimum Gasteiger partial charge on any atom is -0.481 e. The van der Waals surface area contributed by atoms with Gasteiger partial charge in [-0.15, -0.1) is 0 Å². The molecule has 1 aliphatic carbocycles. The zero-order valence-electron chi connectivity index (χ0n) is 11.1. The third kappa shape index (κ3) is 2.67. The standard InChI is InChI=1S/C13H17N3O3S/c17-11(18)7-10-8-20-6-5-15(10)12-13(19)16(4-3-14-12)9-1-2-9/h3-4,9-10H,1-2,5-8H2,(H,17,18). The predicted octanol–water partition coefficient (Wildman–Crippen LogP) is 0.975. The lowest BCUT2D eigenvalue weighted by atomic mass is 10.2. The van der Waals surface area contributed by atoms with Crippen molar-refractivity contribution in [2.24, 2.45) is 0 Å². The molecule has 7 heteroatoms. The molecule has 108 valence electrons. The van der Waals surface area contributed by atoms with Gasteiger partial charge in [-0.25, -0.2) is 4.98 Å². The third-order valence-electron chi connectivity index (χ3n) is 3.70. The molecule has 0 spiro atoms. The Morgan fingerprint density at radius 1 is 1.50 bits per heavy atom. The van der Waals surface area contributed by atoms with Crippen LogP contribution in [0.25, 0.3) is 0 Å². The van der Waals surface area contributed by atoms with Crippen molar-refractivity contribution in [3.05, 3.63) is 22.7 Å². The summed E-state index contributed by atoms with van der Waals surface area (Å²) < 4.78 is 1.74. The minimum absolute atomic E-state index is 0.0481. The third-order valence-corrected chi connectivity index (χ3v) is 4.79. The summed E-state index contributed by atoms with van der Waals surface area (Å²) in [6.45, 7) is 0.680. The molecule has 1 aliphatic heterocycles. The highest BCUT2D eigenvalue weighted by Crippen LogP contribution is 2.33. The summed E-state index contributed by atoms with van der Waals surface area (Å²) in [4.78, 5) is 29.6. The number of carboxylic acids is 1. The molecule has 0 bridgehead atoms. The van der Waals surface area contributed by atoms with Crippen LogP contribution in [-0.4, -0.2) is 44.7 Å². The molecule has 0 aromatic carbocycles. The molecule has 3 rings (SSSR count). The van der Waals surface area contributed by atoms with Crippen LogP contribution in [0.1, 0.15) is 25.3 Å². The van der Waals surface area contributed by atoms with Crippen LogP contribution < -0.4 is 10.5 Å². The zero-order valence-corrected chi connectivity index (χ0v) is 11.9. The molecule has 1 saturated carbocycles. The van der Waals surface area contributed by atoms with E-state index in [1.54, 1.807) is 28.7 Å². The van der Waals surface area contributed by atoms with Crippen molar-refractivity contribution in [2.75, 3.05) is 23.0 Å². The van der Waals surface area contributed by atoms with Gasteiger partial charge >= 0.3 is 5.97 Å². The Labute approximate surface area is 120 Å². The molecule has 0 radical (unpaired) electrons. The number of hydrogen-bond donors (Lipinski definition) is 1. The molecule has 2 aliphatic rings. The quantitative estimate of drug-likeness (QED) is 0.892. The van der Waals surface area contributed by atoms with Crippen LogP contribution in [0.15, 0.2) is 17.2 Å². The minimum atomic E-state index is -0.832. The van der Waals surface area contributed by atoms with E-state index in [2.05, 4.69) is 4.98 Å². The van der Waals surface area contributed by atoms with E-state index in [-0.39, 0.29) is 18.0 Å². The maximum Gasteiger partial charge on any atom is 0.305 e. The smallest absolute Gasteiger partial charge is 0.305 e. The number of aliphatic carboxylic acids is 1. The normalized spacial score (nSPS) is 22.8. The number of carbonyl (C=O) groups is 1. The molecular weight excluding hydrogens is 278 g/mol. The van der Waals surface area contributed by atoms with Crippen LogP contribution in [0.3, 0.4) is 0 Å². The Balaban J connectivity index is 1.91. The fourth-order valence-corrected chi connectivity index (χ4v) is 3.62. The molecule has 1 N–H and O–H groups in total. The highest BCUT2D eigenvalue weighted by Gasteiger charge is 2.30. The number of aromatic nitrogens is 2. The van der Waals surface area contributed by atoms with Gasteiger partial charge in [-0.3, -0.25) is 9.59 Å². The SMILES string of the molecule is O=C(O)CC1CSCCN1c1nccn(C2CC2)c1=O. The molecule has 1 aromatic heterocycles. The summed E-state index contributed by atoms with van der Waals surface area (Å²) >= 11 is 1.73. The second-order valence-corrected chi connectivity index (χ2v) is 6.36. The van der Waals surface area contributed by atoms with Gasteiger partial charge in [0.1, 0.15) is 0 Å². The molecule has 1 aromatic rings. The number of carboxylic acid groups (broad SMARTS) is 1. The zero-order chi connectivity index (χ0) is 14.1. The maximum absolute atomic E-state index is 12.5. The van der Waals surface area contributed by atoms with Gasteiger partial charge < -0.3 is 14.6 Å². The molecule has 2 heterocycles. The van der Waals surface area contributed by atoms with Crippen LogP contribution >= 0.6 is 11.8 Å². The number of rotatable bonds is 4. The van der Waals surface area contributed by atoms with Gasteiger partial charge in [-0.1, -0.05) is 0 Å². The van der Waals surface area contributed by atoms with Crippen molar-refractivity contribution in [3.8, 4) is 0 Å². The monoisotopic (exact) mass is 295 g/mol. The predicted molar refractivity (Wildman–Crippen MR) is 77.5 cm³/mol. The van der Waals surface area contributed by atoms with Crippen molar-refractivity contribution in [1.82, 2.24) is 9.55 Å². The van der Waals surface area contributed by atoms with Crippen LogP contribution in [0.4, 0.5) is 5.82 Å². The molecular formula is C13H17N3O3S. The highest BCUT2D eigenvalue weighted by atomic mass is 32.2. The summed E-state index contributed by atoms with van der Waals surface area (Å²) in [5.41, 5.74) is -0.0858. The van der Waals surface area contributed by atoms with Crippen molar-refractivity contribution in [3.63, 3.8) is 0 Å². The second kappa shape index (κ2) is 5.47. The fourth-order valence-electron chi connectivity index (χ4n) is 2.56. The summed E-state index contributed by atoms with van der Waals surface area (Å²) in [6, 6.07) is 0.155. The van der Waals surface area contributed by atoms with Crippen LogP contribution in [0.2, 0.25) is 0 Å². The summed E-state index contributed by atoms with van der Waals surface area (Å²) in [5.74, 6) is 1.20. The van der Waals surface area contributed by atoms with Crippen molar-refractivity contribution in [2.45, 2.75) is 31.3 Å². The van der Waals surface area contributed by atoms with E-state index in [9.17, 15) is 9.59 Å². The van der Waals surface area contributed by atoms with E-state index in [0.717, 1.165) is 24.3 Å². The van der Waals surface area contributed by atoms with Crippen LogP contribution in [0, 0.1) is 0 Å². The van der Waals surface area contributed by atoms with Crippen molar-refractivity contribution in [1.29, 1.82) is 0 Å². The van der Waals surface area contributed by atoms with Gasteiger partial charge in [-0.05, 0) is 12.8 Å². The first-order chi connectivity index (χ1) is 9.66. The molecule has 6 nitrogen and oxygen atoms in total. The van der Waals surface area contributed by atoms with Gasteiger partial charge in [-0.2, -0.15) is 11.8 Å². The summed E-state index contributed by atoms with van der Waals surface area (Å²) in [7, 11) is 0. The maximum atomic E-state index is 12.5. The second-order valence-electron chi connectivity index (χ2n) is 5.21. The van der Waals surface area contributed by atoms with E-state index in [0.29, 0.717) is 18.4 Å². The first-order valence-corrected chi connectivity index (χ1v) is 7.95. The molecule has 1 atom stereocenters. The average molecular weight is 295 g/mol. The number of thioether (sulfide) groups is 1. The molecule has 20 heavy (non-hydrogen) atoms. The Hall–Kier alpha value is -1.50. The fraction of sp³-hybridized carbons (Fsp3) is 0.615. The lowest BCUT2D eigenvalue weighted by molar-refractivity contribution is -0.137. The van der Waals surface area contributed by atoms with Gasteiger partial charge in [0.2, 0.25) is 0 Å². The number of hydrogen-bond acceptors (Lipinski definition) is 5. The average Bonchev–Trinajstić information content (AvgIpc) is 3.24. The highest BCUT2D eigenvalue weighted by molar-refractivity contribution is 7.99. The molecule has 0 amide bonds.